The normalized spacial score (nSPS) is 11.4. The summed E-state index contributed by atoms with van der Waals surface area (Å²) in [7, 11) is 6.64. The summed E-state index contributed by atoms with van der Waals surface area (Å²) in [6.07, 6.45) is 1.66. The molecule has 0 unspecified atom stereocenters. The fourth-order valence-corrected chi connectivity index (χ4v) is 2.40. The van der Waals surface area contributed by atoms with Crippen LogP contribution in [0.5, 0.6) is 0 Å². The number of fused-ring (bicyclic) bond motifs is 1. The molecular formula is C12H14N6O2. The maximum atomic E-state index is 12.2. The molecule has 0 saturated carbocycles. The van der Waals surface area contributed by atoms with Crippen LogP contribution < -0.4 is 11.2 Å². The zero-order valence-corrected chi connectivity index (χ0v) is 11.7. The lowest BCUT2D eigenvalue weighted by Crippen LogP contribution is -2.37. The number of aryl methyl sites for hydroxylation is 3. The van der Waals surface area contributed by atoms with Gasteiger partial charge in [-0.3, -0.25) is 18.6 Å². The minimum Gasteiger partial charge on any atom is -0.312 e. The van der Waals surface area contributed by atoms with Gasteiger partial charge >= 0.3 is 5.69 Å². The lowest BCUT2D eigenvalue weighted by molar-refractivity contribution is 0.697. The van der Waals surface area contributed by atoms with E-state index in [4.69, 9.17) is 0 Å². The van der Waals surface area contributed by atoms with Crippen molar-refractivity contribution < 1.29 is 0 Å². The Morgan fingerprint density at radius 3 is 2.30 bits per heavy atom. The van der Waals surface area contributed by atoms with Gasteiger partial charge in [-0.05, 0) is 6.07 Å². The Morgan fingerprint density at radius 2 is 1.70 bits per heavy atom. The van der Waals surface area contributed by atoms with E-state index in [9.17, 15) is 9.59 Å². The highest BCUT2D eigenvalue weighted by atomic mass is 16.2. The first-order chi connectivity index (χ1) is 9.43. The Labute approximate surface area is 113 Å². The minimum absolute atomic E-state index is 0.272. The zero-order valence-electron chi connectivity index (χ0n) is 11.7. The van der Waals surface area contributed by atoms with E-state index in [1.165, 1.54) is 11.6 Å². The predicted molar refractivity (Wildman–Crippen MR) is 73.4 cm³/mol. The molecule has 0 aromatic carbocycles. The average Bonchev–Trinajstić information content (AvgIpc) is 2.98. The van der Waals surface area contributed by atoms with E-state index in [-0.39, 0.29) is 11.2 Å². The van der Waals surface area contributed by atoms with Crippen LogP contribution in [0.25, 0.3) is 22.7 Å². The first-order valence-electron chi connectivity index (χ1n) is 6.04. The van der Waals surface area contributed by atoms with Gasteiger partial charge in [0.2, 0.25) is 0 Å². The van der Waals surface area contributed by atoms with Crippen LogP contribution in [0.2, 0.25) is 0 Å². The van der Waals surface area contributed by atoms with E-state index in [0.29, 0.717) is 11.5 Å². The summed E-state index contributed by atoms with van der Waals surface area (Å²) in [4.78, 5) is 28.5. The number of aromatic nitrogens is 6. The van der Waals surface area contributed by atoms with Gasteiger partial charge in [0.25, 0.3) is 5.56 Å². The average molecular weight is 274 g/mol. The molecule has 8 heteroatoms. The van der Waals surface area contributed by atoms with Crippen LogP contribution in [0.3, 0.4) is 0 Å². The highest BCUT2D eigenvalue weighted by Crippen LogP contribution is 2.20. The third-order valence-electron chi connectivity index (χ3n) is 3.51. The number of rotatable bonds is 1. The van der Waals surface area contributed by atoms with E-state index in [1.54, 1.807) is 36.6 Å². The van der Waals surface area contributed by atoms with Crippen LogP contribution in [0.1, 0.15) is 0 Å². The lowest BCUT2D eigenvalue weighted by Gasteiger charge is -2.06. The van der Waals surface area contributed by atoms with Gasteiger partial charge in [-0.2, -0.15) is 5.10 Å². The van der Waals surface area contributed by atoms with Crippen LogP contribution in [0.15, 0.2) is 21.9 Å². The molecule has 104 valence electrons. The van der Waals surface area contributed by atoms with Gasteiger partial charge in [0.15, 0.2) is 11.3 Å². The molecule has 8 nitrogen and oxygen atoms in total. The summed E-state index contributed by atoms with van der Waals surface area (Å²) in [5.41, 5.74) is 0.773. The molecule has 0 aliphatic carbocycles. The van der Waals surface area contributed by atoms with Crippen molar-refractivity contribution >= 4 is 11.2 Å². The molecule has 3 aromatic heterocycles. The molecule has 0 fully saturated rings. The molecule has 20 heavy (non-hydrogen) atoms. The minimum atomic E-state index is -0.396. The molecular weight excluding hydrogens is 260 g/mol. The van der Waals surface area contributed by atoms with Gasteiger partial charge in [-0.25, -0.2) is 9.78 Å². The maximum absolute atomic E-state index is 12.2. The number of nitrogens with zero attached hydrogens (tertiary/aromatic N) is 6. The maximum Gasteiger partial charge on any atom is 0.332 e. The fraction of sp³-hybridized carbons (Fsp3) is 0.333. The van der Waals surface area contributed by atoms with Crippen LogP contribution in [0, 0.1) is 0 Å². The molecule has 0 N–H and O–H groups in total. The molecule has 0 aliphatic heterocycles. The SMILES string of the molecule is Cn1nccc1-c1nc2c(=O)n(C)c(=O)n(C)c2n1C. The van der Waals surface area contributed by atoms with Crippen LogP contribution >= 0.6 is 0 Å². The van der Waals surface area contributed by atoms with Crippen LogP contribution in [-0.2, 0) is 28.2 Å². The molecule has 0 saturated heterocycles. The van der Waals surface area contributed by atoms with Gasteiger partial charge < -0.3 is 4.57 Å². The second-order valence-electron chi connectivity index (χ2n) is 4.71. The summed E-state index contributed by atoms with van der Waals surface area (Å²) in [5, 5.41) is 4.10. The molecule has 3 aromatic rings. The molecule has 0 atom stereocenters. The van der Waals surface area contributed by atoms with Gasteiger partial charge in [-0.15, -0.1) is 0 Å². The van der Waals surface area contributed by atoms with Gasteiger partial charge in [-0.1, -0.05) is 0 Å². The second kappa shape index (κ2) is 3.92. The summed E-state index contributed by atoms with van der Waals surface area (Å²) in [6.45, 7) is 0. The Kier molecular flexibility index (Phi) is 2.43. The molecule has 0 amide bonds. The largest absolute Gasteiger partial charge is 0.332 e. The summed E-state index contributed by atoms with van der Waals surface area (Å²) in [5.74, 6) is 0.596. The van der Waals surface area contributed by atoms with Crippen molar-refractivity contribution in [1.29, 1.82) is 0 Å². The van der Waals surface area contributed by atoms with Crippen LogP contribution in [-0.4, -0.2) is 28.5 Å². The fourth-order valence-electron chi connectivity index (χ4n) is 2.40. The third kappa shape index (κ3) is 1.41. The second-order valence-corrected chi connectivity index (χ2v) is 4.71. The van der Waals surface area contributed by atoms with Crippen molar-refractivity contribution in [3.05, 3.63) is 33.1 Å². The first-order valence-corrected chi connectivity index (χ1v) is 6.04. The first kappa shape index (κ1) is 12.4. The summed E-state index contributed by atoms with van der Waals surface area (Å²) >= 11 is 0. The monoisotopic (exact) mass is 274 g/mol. The van der Waals surface area contributed by atoms with E-state index >= 15 is 0 Å². The van der Waals surface area contributed by atoms with Gasteiger partial charge in [0.1, 0.15) is 11.3 Å². The van der Waals surface area contributed by atoms with Crippen molar-refractivity contribution in [3.8, 4) is 11.5 Å². The Balaban J connectivity index is 2.52. The number of imidazole rings is 1. The highest BCUT2D eigenvalue weighted by Gasteiger charge is 2.19. The Hall–Kier alpha value is -2.64. The molecule has 3 rings (SSSR count). The van der Waals surface area contributed by atoms with Crippen molar-refractivity contribution in [1.82, 2.24) is 28.5 Å². The number of hydrogen-bond acceptors (Lipinski definition) is 4. The van der Waals surface area contributed by atoms with Crippen molar-refractivity contribution in [2.45, 2.75) is 0 Å². The van der Waals surface area contributed by atoms with E-state index in [1.807, 2.05) is 6.07 Å². The molecule has 0 radical (unpaired) electrons. The van der Waals surface area contributed by atoms with E-state index in [0.717, 1.165) is 10.3 Å². The van der Waals surface area contributed by atoms with Crippen molar-refractivity contribution in [2.75, 3.05) is 0 Å². The topological polar surface area (TPSA) is 79.6 Å². The van der Waals surface area contributed by atoms with E-state index in [2.05, 4.69) is 10.1 Å². The van der Waals surface area contributed by atoms with Crippen LogP contribution in [0.4, 0.5) is 0 Å². The third-order valence-corrected chi connectivity index (χ3v) is 3.51. The quantitative estimate of drug-likeness (QED) is 0.592. The zero-order chi connectivity index (χ0) is 14.6. The lowest BCUT2D eigenvalue weighted by atomic mass is 10.4. The van der Waals surface area contributed by atoms with Gasteiger partial charge in [0, 0.05) is 34.4 Å². The Bertz CT molecular complexity index is 939. The summed E-state index contributed by atoms with van der Waals surface area (Å²) < 4.78 is 5.88. The molecule has 0 bridgehead atoms. The number of hydrogen-bond donors (Lipinski definition) is 0. The predicted octanol–water partition coefficient (Wildman–Crippen LogP) is -0.629. The smallest absolute Gasteiger partial charge is 0.312 e. The molecule has 0 spiro atoms. The van der Waals surface area contributed by atoms with Crippen molar-refractivity contribution in [2.24, 2.45) is 28.2 Å². The van der Waals surface area contributed by atoms with Gasteiger partial charge in [0.05, 0.1) is 0 Å². The van der Waals surface area contributed by atoms with E-state index < -0.39 is 5.56 Å². The molecule has 3 heterocycles. The standard InChI is InChI=1S/C12H14N6O2/c1-15-9(7-5-6-13-18(7)4)14-8-10(15)16(2)12(20)17(3)11(8)19/h5-6H,1-4H3. The Morgan fingerprint density at radius 1 is 1.00 bits per heavy atom. The van der Waals surface area contributed by atoms with Crippen molar-refractivity contribution in [3.63, 3.8) is 0 Å². The highest BCUT2D eigenvalue weighted by molar-refractivity contribution is 5.75. The molecule has 0 aliphatic rings. The summed E-state index contributed by atoms with van der Waals surface area (Å²) in [6, 6.07) is 1.81.